The van der Waals surface area contributed by atoms with Gasteiger partial charge in [-0.3, -0.25) is 4.79 Å². The molecule has 1 N–H and O–H groups in total. The van der Waals surface area contributed by atoms with Crippen LogP contribution in [0.25, 0.3) is 0 Å². The predicted octanol–water partition coefficient (Wildman–Crippen LogP) is 2.59. The van der Waals surface area contributed by atoms with Gasteiger partial charge in [-0.05, 0) is 37.3 Å². The standard InChI is InChI=1S/C14H21N3O/c1-2-8-15-14-7-6-12(10-16-14)13-5-3-4-9-17(13)11-18/h6-7,10-11,13H,2-5,8-9H2,1H3,(H,15,16)/t13-/m1/s1. The van der Waals surface area contributed by atoms with Crippen LogP contribution in [-0.2, 0) is 4.79 Å². The quantitative estimate of drug-likeness (QED) is 0.813. The van der Waals surface area contributed by atoms with Crippen molar-refractivity contribution in [3.05, 3.63) is 23.9 Å². The Morgan fingerprint density at radius 3 is 3.06 bits per heavy atom. The molecule has 1 aromatic heterocycles. The molecule has 0 radical (unpaired) electrons. The molecular weight excluding hydrogens is 226 g/mol. The Hall–Kier alpha value is -1.58. The molecule has 0 bridgehead atoms. The van der Waals surface area contributed by atoms with Gasteiger partial charge in [-0.15, -0.1) is 0 Å². The van der Waals surface area contributed by atoms with E-state index in [2.05, 4.69) is 23.3 Å². The van der Waals surface area contributed by atoms with Gasteiger partial charge in [0.25, 0.3) is 0 Å². The number of pyridine rings is 1. The minimum absolute atomic E-state index is 0.212. The number of hydrogen-bond acceptors (Lipinski definition) is 3. The minimum Gasteiger partial charge on any atom is -0.370 e. The minimum atomic E-state index is 0.212. The van der Waals surface area contributed by atoms with Gasteiger partial charge in [0, 0.05) is 19.3 Å². The lowest BCUT2D eigenvalue weighted by molar-refractivity contribution is -0.121. The van der Waals surface area contributed by atoms with Crippen LogP contribution in [-0.4, -0.2) is 29.4 Å². The number of likely N-dealkylation sites (tertiary alicyclic amines) is 1. The maximum atomic E-state index is 11.0. The van der Waals surface area contributed by atoms with Gasteiger partial charge in [0.05, 0.1) is 6.04 Å². The van der Waals surface area contributed by atoms with E-state index in [1.165, 1.54) is 6.42 Å². The summed E-state index contributed by atoms with van der Waals surface area (Å²) in [6, 6.07) is 4.30. The van der Waals surface area contributed by atoms with Gasteiger partial charge in [0.1, 0.15) is 5.82 Å². The van der Waals surface area contributed by atoms with Crippen LogP contribution in [0.4, 0.5) is 5.82 Å². The Kier molecular flexibility index (Phi) is 4.56. The average molecular weight is 247 g/mol. The van der Waals surface area contributed by atoms with Gasteiger partial charge in [-0.25, -0.2) is 4.98 Å². The number of piperidine rings is 1. The Morgan fingerprint density at radius 2 is 2.39 bits per heavy atom. The van der Waals surface area contributed by atoms with Gasteiger partial charge in [0.15, 0.2) is 0 Å². The van der Waals surface area contributed by atoms with Gasteiger partial charge in [0.2, 0.25) is 6.41 Å². The first-order valence-corrected chi connectivity index (χ1v) is 6.76. The first-order valence-electron chi connectivity index (χ1n) is 6.76. The van der Waals surface area contributed by atoms with E-state index in [-0.39, 0.29) is 6.04 Å². The van der Waals surface area contributed by atoms with Crippen molar-refractivity contribution in [2.75, 3.05) is 18.4 Å². The van der Waals surface area contributed by atoms with Crippen molar-refractivity contribution in [3.8, 4) is 0 Å². The van der Waals surface area contributed by atoms with Crippen molar-refractivity contribution in [2.45, 2.75) is 38.6 Å². The monoisotopic (exact) mass is 247 g/mol. The summed E-state index contributed by atoms with van der Waals surface area (Å²) < 4.78 is 0. The second-order valence-corrected chi connectivity index (χ2v) is 4.76. The smallest absolute Gasteiger partial charge is 0.210 e. The topological polar surface area (TPSA) is 45.2 Å². The highest BCUT2D eigenvalue weighted by Gasteiger charge is 2.22. The fourth-order valence-electron chi connectivity index (χ4n) is 2.40. The van der Waals surface area contributed by atoms with Crippen molar-refractivity contribution in [2.24, 2.45) is 0 Å². The SMILES string of the molecule is CCCNc1ccc([C@H]2CCCCN2C=O)cn1. The molecule has 0 aliphatic carbocycles. The third-order valence-electron chi connectivity index (χ3n) is 3.41. The summed E-state index contributed by atoms with van der Waals surface area (Å²) in [5.41, 5.74) is 1.14. The molecule has 1 atom stereocenters. The van der Waals surface area contributed by atoms with Crippen LogP contribution in [0, 0.1) is 0 Å². The van der Waals surface area contributed by atoms with E-state index in [0.29, 0.717) is 0 Å². The molecule has 1 amide bonds. The third-order valence-corrected chi connectivity index (χ3v) is 3.41. The zero-order chi connectivity index (χ0) is 12.8. The zero-order valence-electron chi connectivity index (χ0n) is 10.9. The van der Waals surface area contributed by atoms with E-state index in [4.69, 9.17) is 0 Å². The van der Waals surface area contributed by atoms with Crippen LogP contribution in [0.1, 0.15) is 44.2 Å². The van der Waals surface area contributed by atoms with Crippen LogP contribution in [0.3, 0.4) is 0 Å². The lowest BCUT2D eigenvalue weighted by Crippen LogP contribution is -2.32. The van der Waals surface area contributed by atoms with Gasteiger partial charge in [-0.1, -0.05) is 13.0 Å². The summed E-state index contributed by atoms with van der Waals surface area (Å²) >= 11 is 0. The van der Waals surface area contributed by atoms with Crippen molar-refractivity contribution in [3.63, 3.8) is 0 Å². The molecule has 2 heterocycles. The summed E-state index contributed by atoms with van der Waals surface area (Å²) in [6.45, 7) is 3.94. The number of nitrogens with zero attached hydrogens (tertiary/aromatic N) is 2. The molecule has 1 aromatic rings. The van der Waals surface area contributed by atoms with E-state index in [0.717, 1.165) is 50.1 Å². The summed E-state index contributed by atoms with van der Waals surface area (Å²) in [6.07, 6.45) is 7.29. The molecule has 18 heavy (non-hydrogen) atoms. The number of carbonyl (C=O) groups is 1. The van der Waals surface area contributed by atoms with Gasteiger partial charge < -0.3 is 10.2 Å². The van der Waals surface area contributed by atoms with Crippen molar-refractivity contribution in [1.29, 1.82) is 0 Å². The molecule has 0 saturated carbocycles. The van der Waals surface area contributed by atoms with Crippen molar-refractivity contribution in [1.82, 2.24) is 9.88 Å². The number of carbonyl (C=O) groups excluding carboxylic acids is 1. The molecule has 1 saturated heterocycles. The van der Waals surface area contributed by atoms with Crippen LogP contribution in [0.5, 0.6) is 0 Å². The highest BCUT2D eigenvalue weighted by Crippen LogP contribution is 2.29. The number of rotatable bonds is 5. The Labute approximate surface area is 108 Å². The molecule has 0 unspecified atom stereocenters. The highest BCUT2D eigenvalue weighted by molar-refractivity contribution is 5.49. The summed E-state index contributed by atoms with van der Waals surface area (Å²) in [7, 11) is 0. The summed E-state index contributed by atoms with van der Waals surface area (Å²) in [4.78, 5) is 17.3. The van der Waals surface area contributed by atoms with E-state index >= 15 is 0 Å². The molecule has 4 nitrogen and oxygen atoms in total. The van der Waals surface area contributed by atoms with Gasteiger partial charge >= 0.3 is 0 Å². The molecule has 1 fully saturated rings. The van der Waals surface area contributed by atoms with E-state index < -0.39 is 0 Å². The van der Waals surface area contributed by atoms with Crippen molar-refractivity contribution >= 4 is 12.2 Å². The number of nitrogens with one attached hydrogen (secondary N) is 1. The second kappa shape index (κ2) is 6.38. The molecule has 0 aromatic carbocycles. The number of aromatic nitrogens is 1. The third kappa shape index (κ3) is 3.00. The number of anilines is 1. The zero-order valence-corrected chi connectivity index (χ0v) is 10.9. The lowest BCUT2D eigenvalue weighted by atomic mass is 9.97. The molecule has 1 aliphatic heterocycles. The van der Waals surface area contributed by atoms with Crippen LogP contribution in [0.15, 0.2) is 18.3 Å². The molecule has 4 heteroatoms. The number of amides is 1. The molecular formula is C14H21N3O. The lowest BCUT2D eigenvalue weighted by Gasteiger charge is -2.32. The highest BCUT2D eigenvalue weighted by atomic mass is 16.1. The predicted molar refractivity (Wildman–Crippen MR) is 72.4 cm³/mol. The average Bonchev–Trinajstić information content (AvgIpc) is 2.45. The molecule has 1 aliphatic rings. The van der Waals surface area contributed by atoms with E-state index in [9.17, 15) is 4.79 Å². The van der Waals surface area contributed by atoms with Crippen LogP contribution >= 0.6 is 0 Å². The van der Waals surface area contributed by atoms with Crippen LogP contribution < -0.4 is 5.32 Å². The first kappa shape index (κ1) is 12.9. The summed E-state index contributed by atoms with van der Waals surface area (Å²) in [5.74, 6) is 0.911. The maximum Gasteiger partial charge on any atom is 0.210 e. The molecule has 2 rings (SSSR count). The Bertz CT molecular complexity index is 377. The largest absolute Gasteiger partial charge is 0.370 e. The van der Waals surface area contributed by atoms with Gasteiger partial charge in [-0.2, -0.15) is 0 Å². The van der Waals surface area contributed by atoms with Crippen LogP contribution in [0.2, 0.25) is 0 Å². The fourth-order valence-corrected chi connectivity index (χ4v) is 2.40. The first-order chi connectivity index (χ1) is 8.85. The normalized spacial score (nSPS) is 19.6. The fraction of sp³-hybridized carbons (Fsp3) is 0.571. The maximum absolute atomic E-state index is 11.0. The second-order valence-electron chi connectivity index (χ2n) is 4.76. The van der Waals surface area contributed by atoms with E-state index in [1.807, 2.05) is 17.2 Å². The summed E-state index contributed by atoms with van der Waals surface area (Å²) in [5, 5.41) is 3.26. The Morgan fingerprint density at radius 1 is 1.50 bits per heavy atom. The van der Waals surface area contributed by atoms with E-state index in [1.54, 1.807) is 0 Å². The molecule has 0 spiro atoms. The molecule has 98 valence electrons. The number of hydrogen-bond donors (Lipinski definition) is 1. The Balaban J connectivity index is 2.05. The van der Waals surface area contributed by atoms with Crippen molar-refractivity contribution < 1.29 is 4.79 Å².